The van der Waals surface area contributed by atoms with Crippen molar-refractivity contribution in [2.24, 2.45) is 0 Å². The number of nitrogens with zero attached hydrogens (tertiary/aromatic N) is 3. The predicted molar refractivity (Wildman–Crippen MR) is 159 cm³/mol. The number of ether oxygens (including phenoxy) is 1. The van der Waals surface area contributed by atoms with Gasteiger partial charge in [-0.25, -0.2) is 0 Å². The number of benzene rings is 3. The highest BCUT2D eigenvalue weighted by Gasteiger charge is 2.48. The first-order valence-corrected chi connectivity index (χ1v) is 14.9. The molecule has 3 aromatic carbocycles. The molecule has 1 amide bonds. The average molecular weight is 572 g/mol. The SMILES string of the molecule is CCCCOc1ccc(C2/C(=C(/O)c3ccc(C)cc3)C(=O)C(=O)N2c2nnc(SCc3ccccc3)s2)cc1. The molecule has 204 valence electrons. The number of Topliss-reactive ketones (excluding diaryl/α,β-unsaturated/α-hetero) is 1. The Morgan fingerprint density at radius 2 is 1.73 bits per heavy atom. The highest BCUT2D eigenvalue weighted by molar-refractivity contribution is 8.00. The van der Waals surface area contributed by atoms with Gasteiger partial charge in [0.15, 0.2) is 4.34 Å². The van der Waals surface area contributed by atoms with Gasteiger partial charge < -0.3 is 9.84 Å². The normalized spacial score (nSPS) is 16.4. The Morgan fingerprint density at radius 3 is 2.42 bits per heavy atom. The quantitative estimate of drug-likeness (QED) is 0.0550. The first-order chi connectivity index (χ1) is 19.5. The third-order valence-corrected chi connectivity index (χ3v) is 8.67. The summed E-state index contributed by atoms with van der Waals surface area (Å²) < 4.78 is 6.49. The van der Waals surface area contributed by atoms with Crippen molar-refractivity contribution in [1.82, 2.24) is 10.2 Å². The van der Waals surface area contributed by atoms with Crippen molar-refractivity contribution in [3.63, 3.8) is 0 Å². The van der Waals surface area contributed by atoms with Gasteiger partial charge in [0.05, 0.1) is 18.2 Å². The van der Waals surface area contributed by atoms with Gasteiger partial charge in [0, 0.05) is 11.3 Å². The van der Waals surface area contributed by atoms with E-state index in [2.05, 4.69) is 17.1 Å². The molecule has 2 heterocycles. The second-order valence-electron chi connectivity index (χ2n) is 9.43. The Labute approximate surface area is 241 Å². The molecule has 0 saturated carbocycles. The molecule has 1 atom stereocenters. The zero-order valence-corrected chi connectivity index (χ0v) is 23.9. The molecule has 1 aliphatic rings. The lowest BCUT2D eigenvalue weighted by molar-refractivity contribution is -0.132. The monoisotopic (exact) mass is 571 g/mol. The average Bonchev–Trinajstić information content (AvgIpc) is 3.55. The summed E-state index contributed by atoms with van der Waals surface area (Å²) in [5, 5.41) is 20.2. The number of rotatable bonds is 10. The number of hydrogen-bond acceptors (Lipinski definition) is 8. The lowest BCUT2D eigenvalue weighted by Crippen LogP contribution is -2.29. The molecule has 1 saturated heterocycles. The van der Waals surface area contributed by atoms with Crippen molar-refractivity contribution in [3.05, 3.63) is 107 Å². The highest BCUT2D eigenvalue weighted by Crippen LogP contribution is 2.44. The lowest BCUT2D eigenvalue weighted by atomic mass is 9.95. The summed E-state index contributed by atoms with van der Waals surface area (Å²) in [4.78, 5) is 28.2. The number of hydrogen-bond donors (Lipinski definition) is 1. The van der Waals surface area contributed by atoms with Gasteiger partial charge in [0.1, 0.15) is 11.5 Å². The van der Waals surface area contributed by atoms with E-state index in [0.29, 0.717) is 38.7 Å². The number of aliphatic hydroxyl groups excluding tert-OH is 1. The highest BCUT2D eigenvalue weighted by atomic mass is 32.2. The fourth-order valence-corrected chi connectivity index (χ4v) is 6.19. The first kappa shape index (κ1) is 27.6. The molecule has 0 aliphatic carbocycles. The van der Waals surface area contributed by atoms with Gasteiger partial charge in [-0.05, 0) is 36.6 Å². The van der Waals surface area contributed by atoms with E-state index in [4.69, 9.17) is 4.74 Å². The van der Waals surface area contributed by atoms with E-state index in [-0.39, 0.29) is 11.3 Å². The van der Waals surface area contributed by atoms with Crippen molar-refractivity contribution < 1.29 is 19.4 Å². The van der Waals surface area contributed by atoms with Gasteiger partial charge in [-0.2, -0.15) is 0 Å². The summed E-state index contributed by atoms with van der Waals surface area (Å²) in [6.45, 7) is 4.65. The maximum Gasteiger partial charge on any atom is 0.301 e. The second-order valence-corrected chi connectivity index (χ2v) is 11.6. The molecule has 1 unspecified atom stereocenters. The van der Waals surface area contributed by atoms with Gasteiger partial charge in [-0.15, -0.1) is 10.2 Å². The maximum atomic E-state index is 13.5. The van der Waals surface area contributed by atoms with Gasteiger partial charge in [-0.3, -0.25) is 14.5 Å². The number of aromatic nitrogens is 2. The van der Waals surface area contributed by atoms with Crippen LogP contribution in [0.2, 0.25) is 0 Å². The number of aliphatic hydroxyl groups is 1. The molecule has 0 spiro atoms. The summed E-state index contributed by atoms with van der Waals surface area (Å²) >= 11 is 2.76. The second kappa shape index (κ2) is 12.5. The number of aryl methyl sites for hydroxylation is 1. The van der Waals surface area contributed by atoms with Gasteiger partial charge >= 0.3 is 5.91 Å². The Morgan fingerprint density at radius 1 is 1.00 bits per heavy atom. The van der Waals surface area contributed by atoms with E-state index >= 15 is 0 Å². The van der Waals surface area contributed by atoms with Crippen molar-refractivity contribution in [2.75, 3.05) is 11.5 Å². The fourth-order valence-electron chi connectivity index (χ4n) is 4.37. The predicted octanol–water partition coefficient (Wildman–Crippen LogP) is 6.94. The molecule has 0 bridgehead atoms. The van der Waals surface area contributed by atoms with Crippen LogP contribution in [-0.4, -0.2) is 33.6 Å². The van der Waals surface area contributed by atoms with Gasteiger partial charge in [0.2, 0.25) is 5.13 Å². The lowest BCUT2D eigenvalue weighted by Gasteiger charge is -2.22. The summed E-state index contributed by atoms with van der Waals surface area (Å²) in [6, 6.07) is 23.6. The third-order valence-electron chi connectivity index (χ3n) is 6.54. The van der Waals surface area contributed by atoms with Crippen LogP contribution in [0, 0.1) is 6.92 Å². The summed E-state index contributed by atoms with van der Waals surface area (Å²) in [7, 11) is 0. The van der Waals surface area contributed by atoms with Crippen LogP contribution >= 0.6 is 23.1 Å². The topological polar surface area (TPSA) is 92.6 Å². The van der Waals surface area contributed by atoms with Gasteiger partial charge in [0.25, 0.3) is 5.78 Å². The van der Waals surface area contributed by atoms with E-state index in [0.717, 1.165) is 24.0 Å². The first-order valence-electron chi connectivity index (χ1n) is 13.1. The van der Waals surface area contributed by atoms with E-state index < -0.39 is 17.7 Å². The molecule has 1 fully saturated rings. The van der Waals surface area contributed by atoms with E-state index in [1.54, 1.807) is 12.1 Å². The van der Waals surface area contributed by atoms with Crippen LogP contribution in [0.25, 0.3) is 5.76 Å². The zero-order valence-electron chi connectivity index (χ0n) is 22.2. The molecule has 4 aromatic rings. The minimum absolute atomic E-state index is 0.0159. The van der Waals surface area contributed by atoms with Crippen molar-refractivity contribution >= 4 is 45.7 Å². The van der Waals surface area contributed by atoms with Gasteiger partial charge in [-0.1, -0.05) is 109 Å². The van der Waals surface area contributed by atoms with Crippen molar-refractivity contribution in [1.29, 1.82) is 0 Å². The molecule has 7 nitrogen and oxygen atoms in total. The zero-order chi connectivity index (χ0) is 28.1. The van der Waals surface area contributed by atoms with Crippen LogP contribution in [0.5, 0.6) is 5.75 Å². The van der Waals surface area contributed by atoms with Crippen LogP contribution in [0.15, 0.2) is 88.8 Å². The molecule has 1 aliphatic heterocycles. The summed E-state index contributed by atoms with van der Waals surface area (Å²) in [5.41, 5.74) is 3.29. The number of unbranched alkanes of at least 4 members (excludes halogenated alkanes) is 1. The molecule has 9 heteroatoms. The number of amides is 1. The molecule has 1 aromatic heterocycles. The van der Waals surface area contributed by atoms with E-state index in [1.165, 1.54) is 28.0 Å². The smallest absolute Gasteiger partial charge is 0.301 e. The molecule has 1 N–H and O–H groups in total. The van der Waals surface area contributed by atoms with Crippen LogP contribution in [0.4, 0.5) is 5.13 Å². The Balaban J connectivity index is 1.51. The maximum absolute atomic E-state index is 13.5. The Bertz CT molecular complexity index is 1520. The Kier molecular flexibility index (Phi) is 8.62. The number of thioether (sulfide) groups is 1. The van der Waals surface area contributed by atoms with Crippen LogP contribution in [0.1, 0.15) is 48.1 Å². The van der Waals surface area contributed by atoms with Crippen molar-refractivity contribution in [3.8, 4) is 5.75 Å². The minimum atomic E-state index is -0.870. The van der Waals surface area contributed by atoms with E-state index in [9.17, 15) is 14.7 Å². The number of carbonyl (C=O) groups is 2. The molecule has 0 radical (unpaired) electrons. The van der Waals surface area contributed by atoms with Crippen molar-refractivity contribution in [2.45, 2.75) is 42.8 Å². The summed E-state index contributed by atoms with van der Waals surface area (Å²) in [6.07, 6.45) is 1.97. The fraction of sp³-hybridized carbons (Fsp3) is 0.226. The molecule has 5 rings (SSSR count). The standard InChI is InChI=1S/C31H29N3O4S2/c1-3-4-18-38-24-16-14-22(15-17-24)26-25(27(35)23-12-10-20(2)11-13-23)28(36)29(37)34(26)30-32-33-31(40-30)39-19-21-8-6-5-7-9-21/h5-17,26,35H,3-4,18-19H2,1-2H3/b27-25-. The summed E-state index contributed by atoms with van der Waals surface area (Å²) in [5.74, 6) is -0.344. The van der Waals surface area contributed by atoms with E-state index in [1.807, 2.05) is 73.7 Å². The Hall–Kier alpha value is -3.95. The van der Waals surface area contributed by atoms with Crippen LogP contribution < -0.4 is 9.64 Å². The molecular weight excluding hydrogens is 542 g/mol. The third kappa shape index (κ3) is 5.95. The largest absolute Gasteiger partial charge is 0.507 e. The number of ketones is 1. The number of carbonyl (C=O) groups excluding carboxylic acids is 2. The minimum Gasteiger partial charge on any atom is -0.507 e. The molecular formula is C31H29N3O4S2. The number of anilines is 1. The van der Waals surface area contributed by atoms with Crippen LogP contribution in [0.3, 0.4) is 0 Å². The van der Waals surface area contributed by atoms with Crippen LogP contribution in [-0.2, 0) is 15.3 Å². The molecule has 40 heavy (non-hydrogen) atoms.